The lowest BCUT2D eigenvalue weighted by Crippen LogP contribution is -3.00. The summed E-state index contributed by atoms with van der Waals surface area (Å²) in [6.07, 6.45) is 5.70. The van der Waals surface area contributed by atoms with Crippen LogP contribution in [0.5, 0.6) is 0 Å². The average molecular weight is 533 g/mol. The third-order valence-corrected chi connectivity index (χ3v) is 5.60. The number of fused-ring (bicyclic) bond motifs is 1. The van der Waals surface area contributed by atoms with Gasteiger partial charge in [0.2, 0.25) is 0 Å². The molecule has 0 saturated heterocycles. The third-order valence-electron chi connectivity index (χ3n) is 5.60. The predicted molar refractivity (Wildman–Crippen MR) is 148 cm³/mol. The van der Waals surface area contributed by atoms with Gasteiger partial charge in [-0.1, -0.05) is 0 Å². The number of hydrogen-bond donors (Lipinski definition) is 4. The first-order valence-corrected chi connectivity index (χ1v) is 11.2. The summed E-state index contributed by atoms with van der Waals surface area (Å²) in [6.45, 7) is 0. The highest BCUT2D eigenvalue weighted by Crippen LogP contribution is 2.27. The van der Waals surface area contributed by atoms with Crippen molar-refractivity contribution in [3.63, 3.8) is 0 Å². The minimum absolute atomic E-state index is 0. The van der Waals surface area contributed by atoms with Gasteiger partial charge in [-0.25, -0.2) is 4.57 Å². The molecule has 0 aliphatic carbocycles. The molecule has 188 valence electrons. The van der Waals surface area contributed by atoms with Crippen LogP contribution in [0.4, 0.5) is 34.1 Å². The number of aryl methyl sites for hydroxylation is 1. The SMILES string of the molecule is C[n+]1ccc(Nc2ccc(NC(=O)c3ccc(Nc4ccnc5cc(N)ccc45)cc3)cc2)cc1.Cl.[Cl-]. The zero-order valence-electron chi connectivity index (χ0n) is 20.0. The van der Waals surface area contributed by atoms with Crippen molar-refractivity contribution < 1.29 is 21.8 Å². The van der Waals surface area contributed by atoms with Crippen molar-refractivity contribution in [2.75, 3.05) is 21.7 Å². The van der Waals surface area contributed by atoms with Gasteiger partial charge in [-0.3, -0.25) is 9.78 Å². The summed E-state index contributed by atoms with van der Waals surface area (Å²) in [5, 5.41) is 10.7. The third kappa shape index (κ3) is 6.67. The second-order valence-electron chi connectivity index (χ2n) is 8.25. The Kier molecular flexibility index (Phi) is 8.90. The van der Waals surface area contributed by atoms with Crippen LogP contribution in [0.15, 0.2) is 104 Å². The largest absolute Gasteiger partial charge is 1.00 e. The molecule has 2 heterocycles. The molecule has 1 amide bonds. The molecule has 0 aliphatic heterocycles. The molecule has 37 heavy (non-hydrogen) atoms. The molecule has 0 bridgehead atoms. The second-order valence-corrected chi connectivity index (χ2v) is 8.25. The Morgan fingerprint density at radius 2 is 1.38 bits per heavy atom. The number of rotatable bonds is 6. The maximum absolute atomic E-state index is 12.7. The van der Waals surface area contributed by atoms with Crippen molar-refractivity contribution in [1.82, 2.24) is 4.98 Å². The number of carbonyl (C=O) groups is 1. The van der Waals surface area contributed by atoms with Crippen LogP contribution in [-0.2, 0) is 7.05 Å². The lowest BCUT2D eigenvalue weighted by molar-refractivity contribution is -0.671. The Morgan fingerprint density at radius 1 is 0.784 bits per heavy atom. The lowest BCUT2D eigenvalue weighted by Gasteiger charge is -2.11. The molecular weight excluding hydrogens is 507 g/mol. The minimum atomic E-state index is -0.169. The maximum Gasteiger partial charge on any atom is 0.255 e. The van der Waals surface area contributed by atoms with E-state index in [1.54, 1.807) is 18.3 Å². The van der Waals surface area contributed by atoms with Crippen LogP contribution < -0.4 is 38.7 Å². The van der Waals surface area contributed by atoms with Crippen molar-refractivity contribution >= 4 is 63.3 Å². The van der Waals surface area contributed by atoms with Gasteiger partial charge in [0, 0.05) is 57.7 Å². The molecule has 0 saturated carbocycles. The van der Waals surface area contributed by atoms with Gasteiger partial charge in [0.25, 0.3) is 5.91 Å². The summed E-state index contributed by atoms with van der Waals surface area (Å²) in [6, 6.07) is 26.5. The van der Waals surface area contributed by atoms with Crippen LogP contribution >= 0.6 is 12.4 Å². The fraction of sp³-hybridized carbons (Fsp3) is 0.0357. The van der Waals surface area contributed by atoms with E-state index in [0.29, 0.717) is 11.3 Å². The molecule has 9 heteroatoms. The first kappa shape index (κ1) is 27.3. The van der Waals surface area contributed by atoms with Gasteiger partial charge in [0.15, 0.2) is 12.4 Å². The van der Waals surface area contributed by atoms with E-state index in [1.165, 1.54) is 0 Å². The van der Waals surface area contributed by atoms with E-state index in [-0.39, 0.29) is 30.7 Å². The number of pyridine rings is 2. The van der Waals surface area contributed by atoms with Crippen LogP contribution in [0, 0.1) is 0 Å². The molecule has 5 aromatic rings. The minimum Gasteiger partial charge on any atom is -1.00 e. The van der Waals surface area contributed by atoms with Gasteiger partial charge in [0.05, 0.1) is 11.2 Å². The van der Waals surface area contributed by atoms with Crippen LogP contribution in [-0.4, -0.2) is 10.9 Å². The zero-order valence-corrected chi connectivity index (χ0v) is 21.6. The first-order valence-electron chi connectivity index (χ1n) is 11.2. The second kappa shape index (κ2) is 12.1. The quantitative estimate of drug-likeness (QED) is 0.199. The van der Waals surface area contributed by atoms with E-state index in [4.69, 9.17) is 5.73 Å². The molecule has 0 unspecified atom stereocenters. The van der Waals surface area contributed by atoms with Crippen LogP contribution in [0.2, 0.25) is 0 Å². The Balaban J connectivity index is 0.00000190. The normalized spacial score (nSPS) is 10.1. The summed E-state index contributed by atoms with van der Waals surface area (Å²) in [4.78, 5) is 17.1. The molecule has 5 rings (SSSR count). The smallest absolute Gasteiger partial charge is 0.255 e. The standard InChI is InChI=1S/C28H24N6O.2ClH/c1-34-16-13-24(14-17-34)31-21-7-9-23(10-8-21)33-28(35)19-2-5-22(6-3-19)32-26-12-15-30-27-18-20(29)4-11-25(26)27;;/h2-18H,1H3,(H4,29,30,32,33,35);2*1H. The molecular formula is C28H26Cl2N6O. The number of nitrogen functional groups attached to an aromatic ring is 1. The number of hydrogen-bond acceptors (Lipinski definition) is 5. The number of anilines is 6. The number of nitrogens with zero attached hydrogens (tertiary/aromatic N) is 2. The topological polar surface area (TPSA) is 96.0 Å². The van der Waals surface area contributed by atoms with E-state index in [0.717, 1.165) is 39.3 Å². The summed E-state index contributed by atoms with van der Waals surface area (Å²) >= 11 is 0. The van der Waals surface area contributed by atoms with Gasteiger partial charge in [-0.2, -0.15) is 0 Å². The molecule has 7 nitrogen and oxygen atoms in total. The molecule has 0 aliphatic rings. The average Bonchev–Trinajstić information content (AvgIpc) is 2.87. The van der Waals surface area contributed by atoms with Gasteiger partial charge >= 0.3 is 0 Å². The molecule has 2 aromatic heterocycles. The molecule has 0 radical (unpaired) electrons. The molecule has 0 spiro atoms. The van der Waals surface area contributed by atoms with Crippen LogP contribution in [0.25, 0.3) is 10.9 Å². The van der Waals surface area contributed by atoms with Gasteiger partial charge < -0.3 is 34.1 Å². The molecule has 5 N–H and O–H groups in total. The van der Waals surface area contributed by atoms with E-state index < -0.39 is 0 Å². The van der Waals surface area contributed by atoms with E-state index in [9.17, 15) is 4.79 Å². The molecule has 0 fully saturated rings. The monoisotopic (exact) mass is 532 g/mol. The lowest BCUT2D eigenvalue weighted by atomic mass is 10.1. The van der Waals surface area contributed by atoms with Gasteiger partial charge in [-0.05, 0) is 72.8 Å². The number of benzene rings is 3. The fourth-order valence-electron chi connectivity index (χ4n) is 3.73. The number of halogens is 2. The first-order chi connectivity index (χ1) is 17.0. The highest BCUT2D eigenvalue weighted by Gasteiger charge is 2.08. The Hall–Kier alpha value is -4.33. The highest BCUT2D eigenvalue weighted by molar-refractivity contribution is 6.04. The molecule has 3 aromatic carbocycles. The number of carbonyl (C=O) groups excluding carboxylic acids is 1. The van der Waals surface area contributed by atoms with E-state index >= 15 is 0 Å². The fourth-order valence-corrected chi connectivity index (χ4v) is 3.73. The Bertz CT molecular complexity index is 1490. The van der Waals surface area contributed by atoms with Crippen LogP contribution in [0.3, 0.4) is 0 Å². The van der Waals surface area contributed by atoms with E-state index in [2.05, 4.69) is 20.9 Å². The number of nitrogens with two attached hydrogens (primary N) is 1. The van der Waals surface area contributed by atoms with Crippen LogP contribution in [0.1, 0.15) is 10.4 Å². The van der Waals surface area contributed by atoms with Crippen molar-refractivity contribution in [2.45, 2.75) is 0 Å². The number of aromatic nitrogens is 2. The Labute approximate surface area is 227 Å². The van der Waals surface area contributed by atoms with Gasteiger partial charge in [-0.15, -0.1) is 12.4 Å². The maximum atomic E-state index is 12.7. The van der Waals surface area contributed by atoms with Crippen molar-refractivity contribution in [3.05, 3.63) is 109 Å². The molecule has 0 atom stereocenters. The summed E-state index contributed by atoms with van der Waals surface area (Å²) in [7, 11) is 1.98. The van der Waals surface area contributed by atoms with E-state index in [1.807, 2.05) is 96.8 Å². The zero-order chi connectivity index (χ0) is 24.2. The van der Waals surface area contributed by atoms with Gasteiger partial charge in [0.1, 0.15) is 7.05 Å². The van der Waals surface area contributed by atoms with Crippen molar-refractivity contribution in [1.29, 1.82) is 0 Å². The summed E-state index contributed by atoms with van der Waals surface area (Å²) < 4.78 is 1.98. The number of amides is 1. The van der Waals surface area contributed by atoms with Crippen molar-refractivity contribution in [2.24, 2.45) is 7.05 Å². The van der Waals surface area contributed by atoms with Crippen molar-refractivity contribution in [3.8, 4) is 0 Å². The highest BCUT2D eigenvalue weighted by atomic mass is 35.5. The summed E-state index contributed by atoms with van der Waals surface area (Å²) in [5.41, 5.74) is 12.4. The predicted octanol–water partition coefficient (Wildman–Crippen LogP) is 2.81. The Morgan fingerprint density at radius 3 is 2.08 bits per heavy atom. The summed E-state index contributed by atoms with van der Waals surface area (Å²) in [5.74, 6) is -0.169. The number of nitrogens with one attached hydrogen (secondary N) is 3.